The van der Waals surface area contributed by atoms with Crippen LogP contribution < -0.4 is 4.90 Å². The summed E-state index contributed by atoms with van der Waals surface area (Å²) in [6.07, 6.45) is 3.35. The Morgan fingerprint density at radius 1 is 1.41 bits per heavy atom. The van der Waals surface area contributed by atoms with Gasteiger partial charge in [-0.1, -0.05) is 0 Å². The fourth-order valence-electron chi connectivity index (χ4n) is 3.05. The molecule has 2 atom stereocenters. The molecule has 92 valence electrons. The molecule has 0 radical (unpaired) electrons. The lowest BCUT2D eigenvalue weighted by molar-refractivity contribution is 0.110. The number of piperazine rings is 1. The Labute approximate surface area is 101 Å². The smallest absolute Gasteiger partial charge is 0.196 e. The van der Waals surface area contributed by atoms with Crippen LogP contribution >= 0.6 is 0 Å². The lowest BCUT2D eigenvalue weighted by atomic mass is 10.1. The van der Waals surface area contributed by atoms with Gasteiger partial charge in [0.15, 0.2) is 17.9 Å². The molecule has 0 aliphatic carbocycles. The van der Waals surface area contributed by atoms with E-state index in [-0.39, 0.29) is 0 Å². The third-order valence-electron chi connectivity index (χ3n) is 3.95. The van der Waals surface area contributed by atoms with Gasteiger partial charge in [0.25, 0.3) is 0 Å². The maximum absolute atomic E-state index is 10.6. The van der Waals surface area contributed by atoms with E-state index in [0.29, 0.717) is 17.8 Å². The van der Waals surface area contributed by atoms with E-state index in [0.717, 1.165) is 25.3 Å². The number of furan rings is 1. The standard InChI is InChI=1S/C13H18N2O2/c1-10-7-14-6-2-3-11(14)8-15(10)13-5-4-12(9-16)17-13/h4-5,9-11H,2-3,6-8H2,1H3. The molecule has 2 saturated heterocycles. The number of carbonyl (C=O) groups is 1. The zero-order chi connectivity index (χ0) is 11.8. The van der Waals surface area contributed by atoms with Crippen LogP contribution in [0.1, 0.15) is 30.3 Å². The number of hydrogen-bond acceptors (Lipinski definition) is 4. The lowest BCUT2D eigenvalue weighted by Gasteiger charge is -2.42. The van der Waals surface area contributed by atoms with Crippen LogP contribution in [0.4, 0.5) is 5.88 Å². The summed E-state index contributed by atoms with van der Waals surface area (Å²) in [4.78, 5) is 15.5. The normalized spacial score (nSPS) is 29.4. The van der Waals surface area contributed by atoms with Crippen LogP contribution in [0.5, 0.6) is 0 Å². The van der Waals surface area contributed by atoms with E-state index in [1.165, 1.54) is 19.4 Å². The van der Waals surface area contributed by atoms with Crippen molar-refractivity contribution < 1.29 is 9.21 Å². The molecule has 0 aromatic carbocycles. The topological polar surface area (TPSA) is 36.7 Å². The second kappa shape index (κ2) is 4.18. The number of nitrogens with zero attached hydrogens (tertiary/aromatic N) is 2. The molecule has 2 unspecified atom stereocenters. The van der Waals surface area contributed by atoms with Crippen molar-refractivity contribution in [1.82, 2.24) is 4.90 Å². The second-order valence-electron chi connectivity index (χ2n) is 5.09. The molecule has 0 saturated carbocycles. The Hall–Kier alpha value is -1.29. The summed E-state index contributed by atoms with van der Waals surface area (Å²) in [7, 11) is 0. The summed E-state index contributed by atoms with van der Waals surface area (Å²) in [6.45, 7) is 5.58. The molecule has 1 aromatic heterocycles. The van der Waals surface area contributed by atoms with E-state index in [1.54, 1.807) is 6.07 Å². The summed E-state index contributed by atoms with van der Waals surface area (Å²) < 4.78 is 5.53. The molecule has 1 aromatic rings. The molecular weight excluding hydrogens is 216 g/mol. The molecule has 3 heterocycles. The summed E-state index contributed by atoms with van der Waals surface area (Å²) in [5, 5.41) is 0. The molecule has 2 aliphatic rings. The highest BCUT2D eigenvalue weighted by molar-refractivity contribution is 5.71. The molecule has 0 N–H and O–H groups in total. The predicted molar refractivity (Wildman–Crippen MR) is 65.5 cm³/mol. The van der Waals surface area contributed by atoms with Gasteiger partial charge < -0.3 is 9.32 Å². The van der Waals surface area contributed by atoms with Gasteiger partial charge in [-0.25, -0.2) is 0 Å². The molecule has 4 heteroatoms. The highest BCUT2D eigenvalue weighted by atomic mass is 16.4. The second-order valence-corrected chi connectivity index (χ2v) is 5.09. The summed E-state index contributed by atoms with van der Waals surface area (Å²) in [5.41, 5.74) is 0. The quantitative estimate of drug-likeness (QED) is 0.731. The molecule has 2 fully saturated rings. The monoisotopic (exact) mass is 234 g/mol. The fourth-order valence-corrected chi connectivity index (χ4v) is 3.05. The van der Waals surface area contributed by atoms with Crippen molar-refractivity contribution in [2.75, 3.05) is 24.5 Å². The van der Waals surface area contributed by atoms with Gasteiger partial charge in [0.05, 0.1) is 0 Å². The zero-order valence-electron chi connectivity index (χ0n) is 10.1. The van der Waals surface area contributed by atoms with E-state index >= 15 is 0 Å². The molecule has 0 spiro atoms. The highest BCUT2D eigenvalue weighted by Gasteiger charge is 2.35. The van der Waals surface area contributed by atoms with Gasteiger partial charge in [0.2, 0.25) is 0 Å². The number of anilines is 1. The van der Waals surface area contributed by atoms with Gasteiger partial charge in [-0.05, 0) is 32.4 Å². The van der Waals surface area contributed by atoms with Crippen molar-refractivity contribution in [1.29, 1.82) is 0 Å². The first-order valence-electron chi connectivity index (χ1n) is 6.33. The van der Waals surface area contributed by atoms with Crippen LogP contribution in [-0.2, 0) is 0 Å². The number of hydrogen-bond donors (Lipinski definition) is 0. The van der Waals surface area contributed by atoms with Crippen molar-refractivity contribution in [2.45, 2.75) is 31.8 Å². The molecule has 17 heavy (non-hydrogen) atoms. The van der Waals surface area contributed by atoms with Crippen LogP contribution in [0.15, 0.2) is 16.5 Å². The van der Waals surface area contributed by atoms with Gasteiger partial charge in [-0.3, -0.25) is 9.69 Å². The van der Waals surface area contributed by atoms with Crippen LogP contribution in [0.3, 0.4) is 0 Å². The van der Waals surface area contributed by atoms with Crippen LogP contribution in [0, 0.1) is 0 Å². The Morgan fingerprint density at radius 3 is 3.06 bits per heavy atom. The summed E-state index contributed by atoms with van der Waals surface area (Å²) in [5.74, 6) is 1.26. The average molecular weight is 234 g/mol. The third kappa shape index (κ3) is 1.86. The minimum absolute atomic E-state index is 0.418. The Bertz CT molecular complexity index is 415. The first kappa shape index (κ1) is 10.8. The Morgan fingerprint density at radius 2 is 2.29 bits per heavy atom. The zero-order valence-corrected chi connectivity index (χ0v) is 10.1. The van der Waals surface area contributed by atoms with E-state index in [9.17, 15) is 4.79 Å². The minimum atomic E-state index is 0.418. The molecule has 0 bridgehead atoms. The Kier molecular flexibility index (Phi) is 2.67. The SMILES string of the molecule is CC1CN2CCCC2CN1c1ccc(C=O)o1. The third-order valence-corrected chi connectivity index (χ3v) is 3.95. The largest absolute Gasteiger partial charge is 0.438 e. The van der Waals surface area contributed by atoms with Crippen LogP contribution in [-0.4, -0.2) is 42.9 Å². The minimum Gasteiger partial charge on any atom is -0.438 e. The maximum atomic E-state index is 10.6. The van der Waals surface area contributed by atoms with Gasteiger partial charge in [-0.2, -0.15) is 0 Å². The van der Waals surface area contributed by atoms with Crippen LogP contribution in [0.25, 0.3) is 0 Å². The number of aldehydes is 1. The van der Waals surface area contributed by atoms with Gasteiger partial charge in [0, 0.05) is 31.2 Å². The van der Waals surface area contributed by atoms with E-state index in [4.69, 9.17) is 4.42 Å². The lowest BCUT2D eigenvalue weighted by Crippen LogP contribution is -2.55. The number of carbonyl (C=O) groups excluding carboxylic acids is 1. The van der Waals surface area contributed by atoms with Gasteiger partial charge >= 0.3 is 0 Å². The highest BCUT2D eigenvalue weighted by Crippen LogP contribution is 2.29. The van der Waals surface area contributed by atoms with E-state index in [1.807, 2.05) is 6.07 Å². The van der Waals surface area contributed by atoms with Crippen molar-refractivity contribution in [2.24, 2.45) is 0 Å². The molecule has 2 aliphatic heterocycles. The molecular formula is C13H18N2O2. The van der Waals surface area contributed by atoms with Crippen LogP contribution in [0.2, 0.25) is 0 Å². The summed E-state index contributed by atoms with van der Waals surface area (Å²) >= 11 is 0. The summed E-state index contributed by atoms with van der Waals surface area (Å²) in [6, 6.07) is 4.77. The Balaban J connectivity index is 1.80. The van der Waals surface area contributed by atoms with E-state index in [2.05, 4.69) is 16.7 Å². The van der Waals surface area contributed by atoms with Crippen molar-refractivity contribution in [3.8, 4) is 0 Å². The molecule has 0 amide bonds. The van der Waals surface area contributed by atoms with Crippen molar-refractivity contribution in [3.63, 3.8) is 0 Å². The van der Waals surface area contributed by atoms with E-state index < -0.39 is 0 Å². The van der Waals surface area contributed by atoms with Crippen molar-refractivity contribution >= 4 is 12.2 Å². The van der Waals surface area contributed by atoms with Gasteiger partial charge in [-0.15, -0.1) is 0 Å². The number of fused-ring (bicyclic) bond motifs is 1. The first-order valence-corrected chi connectivity index (χ1v) is 6.33. The fraction of sp³-hybridized carbons (Fsp3) is 0.615. The first-order chi connectivity index (χ1) is 8.28. The maximum Gasteiger partial charge on any atom is 0.196 e. The van der Waals surface area contributed by atoms with Gasteiger partial charge in [0.1, 0.15) is 0 Å². The van der Waals surface area contributed by atoms with Crippen molar-refractivity contribution in [3.05, 3.63) is 17.9 Å². The molecule has 4 nitrogen and oxygen atoms in total. The average Bonchev–Trinajstić information content (AvgIpc) is 2.94. The number of rotatable bonds is 2. The molecule has 3 rings (SSSR count). The predicted octanol–water partition coefficient (Wildman–Crippen LogP) is 1.77.